The number of hydrogen-bond donors (Lipinski definition) is 0. The summed E-state index contributed by atoms with van der Waals surface area (Å²) >= 11 is -0.611. The van der Waals surface area contributed by atoms with Gasteiger partial charge in [-0.1, -0.05) is 11.2 Å². The molecule has 8 heteroatoms. The number of ether oxygens (including phenoxy) is 1. The standard InChI is InChI=1S/C4H3F3O3.C2H6OS/c1-2(8)10-3(9)4(5,6)7;1-4(2)3/h1H3;1-2H3. The van der Waals surface area contributed by atoms with Gasteiger partial charge in [-0.15, -0.1) is 0 Å². The minimum absolute atomic E-state index is 0.611. The molecule has 14 heavy (non-hydrogen) atoms. The van der Waals surface area contributed by atoms with Crippen molar-refractivity contribution in [3.8, 4) is 0 Å². The van der Waals surface area contributed by atoms with Crippen LogP contribution in [0.5, 0.6) is 0 Å². The number of halogens is 3. The third-order valence-corrected chi connectivity index (χ3v) is 0.468. The molecule has 0 fully saturated rings. The fraction of sp³-hybridized carbons (Fsp3) is 0.667. The van der Waals surface area contributed by atoms with Crippen molar-refractivity contribution in [1.82, 2.24) is 0 Å². The van der Waals surface area contributed by atoms with Crippen molar-refractivity contribution in [3.05, 3.63) is 0 Å². The lowest BCUT2D eigenvalue weighted by Crippen LogP contribution is -2.26. The van der Waals surface area contributed by atoms with Crippen molar-refractivity contribution in [2.45, 2.75) is 13.1 Å². The summed E-state index contributed by atoms with van der Waals surface area (Å²) in [5, 5.41) is 0. The third-order valence-electron chi connectivity index (χ3n) is 0.468. The molecule has 0 heterocycles. The lowest BCUT2D eigenvalue weighted by atomic mass is 10.6. The first-order valence-electron chi connectivity index (χ1n) is 3.12. The topological polar surface area (TPSA) is 66.4 Å². The quantitative estimate of drug-likeness (QED) is 0.350. The fourth-order valence-electron chi connectivity index (χ4n) is 0.188. The summed E-state index contributed by atoms with van der Waals surface area (Å²) in [6.45, 7) is 0.712. The van der Waals surface area contributed by atoms with Gasteiger partial charge in [0.15, 0.2) is 0 Å². The number of rotatable bonds is 0. The van der Waals surface area contributed by atoms with Crippen molar-refractivity contribution >= 4 is 23.1 Å². The maximum atomic E-state index is 11.2. The van der Waals surface area contributed by atoms with E-state index in [1.54, 1.807) is 12.5 Å². The van der Waals surface area contributed by atoms with Crippen LogP contribution >= 0.6 is 0 Å². The molecular formula is C6H9F3O4S. The number of carbonyl (C=O) groups is 2. The number of alkyl halides is 3. The van der Waals surface area contributed by atoms with Gasteiger partial charge in [-0.3, -0.25) is 4.79 Å². The Balaban J connectivity index is 0. The summed E-state index contributed by atoms with van der Waals surface area (Å²) in [5.41, 5.74) is 0. The van der Waals surface area contributed by atoms with E-state index in [1.807, 2.05) is 0 Å². The third kappa shape index (κ3) is 13.8. The van der Waals surface area contributed by atoms with Gasteiger partial charge in [0.1, 0.15) is 0 Å². The molecule has 4 nitrogen and oxygen atoms in total. The van der Waals surface area contributed by atoms with E-state index in [4.69, 9.17) is 0 Å². The van der Waals surface area contributed by atoms with Crippen molar-refractivity contribution < 1.29 is 32.0 Å². The zero-order valence-corrected chi connectivity index (χ0v) is 8.49. The van der Waals surface area contributed by atoms with Gasteiger partial charge in [-0.05, 0) is 0 Å². The predicted molar refractivity (Wildman–Crippen MR) is 42.8 cm³/mol. The second-order valence-electron chi connectivity index (χ2n) is 2.12. The lowest BCUT2D eigenvalue weighted by Gasteiger charge is -2.01. The summed E-state index contributed by atoms with van der Waals surface area (Å²) in [7, 11) is 0. The highest BCUT2D eigenvalue weighted by Crippen LogP contribution is 2.16. The van der Waals surface area contributed by atoms with Gasteiger partial charge < -0.3 is 9.29 Å². The van der Waals surface area contributed by atoms with Crippen molar-refractivity contribution in [1.29, 1.82) is 0 Å². The Morgan fingerprint density at radius 3 is 1.64 bits per heavy atom. The molecule has 0 amide bonds. The number of hydrogen-bond acceptors (Lipinski definition) is 4. The van der Waals surface area contributed by atoms with Crippen molar-refractivity contribution in [2.24, 2.45) is 0 Å². The van der Waals surface area contributed by atoms with Crippen LogP contribution in [0.4, 0.5) is 13.2 Å². The Hall–Kier alpha value is -0.760. The van der Waals surface area contributed by atoms with Crippen LogP contribution in [0.2, 0.25) is 0 Å². The second kappa shape index (κ2) is 6.66. The molecule has 0 rings (SSSR count). The molecular weight excluding hydrogens is 225 g/mol. The Kier molecular flexibility index (Phi) is 7.47. The van der Waals surface area contributed by atoms with Crippen molar-refractivity contribution in [3.63, 3.8) is 0 Å². The van der Waals surface area contributed by atoms with E-state index in [0.717, 1.165) is 0 Å². The molecule has 0 aromatic rings. The van der Waals surface area contributed by atoms with Gasteiger partial charge in [-0.25, -0.2) is 4.79 Å². The van der Waals surface area contributed by atoms with E-state index in [2.05, 4.69) is 4.74 Å². The van der Waals surface area contributed by atoms with E-state index in [9.17, 15) is 27.3 Å². The molecule has 0 bridgehead atoms. The minimum atomic E-state index is -5.09. The van der Waals surface area contributed by atoms with Crippen LogP contribution in [0.25, 0.3) is 0 Å². The highest BCUT2D eigenvalue weighted by atomic mass is 32.2. The van der Waals surface area contributed by atoms with Crippen LogP contribution in [-0.2, 0) is 25.5 Å². The molecule has 0 spiro atoms. The smallest absolute Gasteiger partial charge is 0.491 e. The Morgan fingerprint density at radius 1 is 1.29 bits per heavy atom. The Bertz CT molecular complexity index is 199. The van der Waals surface area contributed by atoms with Gasteiger partial charge >= 0.3 is 18.1 Å². The monoisotopic (exact) mass is 234 g/mol. The molecule has 0 aliphatic carbocycles. The van der Waals surface area contributed by atoms with Crippen LogP contribution < -0.4 is 0 Å². The fourth-order valence-corrected chi connectivity index (χ4v) is 0.188. The summed E-state index contributed by atoms with van der Waals surface area (Å²) < 4.78 is 46.3. The Labute approximate surface area is 81.6 Å². The maximum absolute atomic E-state index is 11.2. The largest absolute Gasteiger partial charge is 0.617 e. The normalized spacial score (nSPS) is 10.3. The SMILES string of the molecule is CC(=O)OC(=O)C(F)(F)F.C[S+](C)[O-]. The van der Waals surface area contributed by atoms with E-state index in [0.29, 0.717) is 6.92 Å². The summed E-state index contributed by atoms with van der Waals surface area (Å²) in [6, 6.07) is 0. The first-order chi connectivity index (χ1) is 6.07. The number of esters is 2. The van der Waals surface area contributed by atoms with Crippen LogP contribution in [-0.4, -0.2) is 35.2 Å². The van der Waals surface area contributed by atoms with Gasteiger partial charge in [0.2, 0.25) is 0 Å². The van der Waals surface area contributed by atoms with E-state index in [-0.39, 0.29) is 0 Å². The van der Waals surface area contributed by atoms with Crippen LogP contribution in [0.1, 0.15) is 6.92 Å². The molecule has 0 N–H and O–H groups in total. The van der Waals surface area contributed by atoms with E-state index in [1.165, 1.54) is 0 Å². The molecule has 84 valence electrons. The molecule has 0 unspecified atom stereocenters. The molecule has 0 aromatic heterocycles. The molecule has 0 aliphatic rings. The molecule has 0 saturated carbocycles. The van der Waals surface area contributed by atoms with Gasteiger partial charge in [-0.2, -0.15) is 13.2 Å². The zero-order chi connectivity index (χ0) is 11.9. The summed E-state index contributed by atoms with van der Waals surface area (Å²) in [6.07, 6.45) is -1.81. The molecule has 0 aromatic carbocycles. The van der Waals surface area contributed by atoms with Gasteiger partial charge in [0, 0.05) is 6.92 Å². The summed E-state index contributed by atoms with van der Waals surface area (Å²) in [4.78, 5) is 19.5. The van der Waals surface area contributed by atoms with Crippen LogP contribution in [0.3, 0.4) is 0 Å². The Morgan fingerprint density at radius 2 is 1.57 bits per heavy atom. The van der Waals surface area contributed by atoms with Crippen LogP contribution in [0.15, 0.2) is 0 Å². The summed E-state index contributed by atoms with van der Waals surface area (Å²) in [5.74, 6) is -3.76. The van der Waals surface area contributed by atoms with E-state index >= 15 is 0 Å². The zero-order valence-electron chi connectivity index (χ0n) is 7.68. The average Bonchev–Trinajstić information content (AvgIpc) is 1.81. The minimum Gasteiger partial charge on any atom is -0.617 e. The average molecular weight is 234 g/mol. The van der Waals surface area contributed by atoms with E-state index < -0.39 is 29.3 Å². The highest BCUT2D eigenvalue weighted by Gasteiger charge is 2.41. The predicted octanol–water partition coefficient (Wildman–Crippen LogP) is 0.633. The first-order valence-corrected chi connectivity index (χ1v) is 5.08. The maximum Gasteiger partial charge on any atom is 0.491 e. The van der Waals surface area contributed by atoms with Gasteiger partial charge in [0.05, 0.1) is 12.5 Å². The van der Waals surface area contributed by atoms with Crippen molar-refractivity contribution in [2.75, 3.05) is 12.5 Å². The molecule has 0 radical (unpaired) electrons. The molecule has 0 saturated heterocycles. The second-order valence-corrected chi connectivity index (χ2v) is 3.60. The molecule has 0 atom stereocenters. The van der Waals surface area contributed by atoms with Crippen LogP contribution in [0, 0.1) is 0 Å². The molecule has 0 aliphatic heterocycles. The highest BCUT2D eigenvalue weighted by molar-refractivity contribution is 7.89. The number of carbonyl (C=O) groups excluding carboxylic acids is 2. The lowest BCUT2D eigenvalue weighted by molar-refractivity contribution is -0.201. The van der Waals surface area contributed by atoms with Gasteiger partial charge in [0.25, 0.3) is 0 Å². The first kappa shape index (κ1) is 15.7.